The van der Waals surface area contributed by atoms with Crippen LogP contribution in [0.3, 0.4) is 0 Å². The first-order chi connectivity index (χ1) is 6.40. The van der Waals surface area contributed by atoms with Crippen LogP contribution in [0.4, 0.5) is 0 Å². The molecule has 2 rings (SSSR count). The van der Waals surface area contributed by atoms with E-state index in [1.165, 1.54) is 0 Å². The second-order valence-electron chi connectivity index (χ2n) is 2.60. The average molecular weight is 191 g/mol. The highest BCUT2D eigenvalue weighted by molar-refractivity contribution is 7.14. The molecule has 0 bridgehead atoms. The van der Waals surface area contributed by atoms with E-state index in [1.54, 1.807) is 23.7 Å². The lowest BCUT2D eigenvalue weighted by atomic mass is 10.3. The fraction of sp³-hybridized carbons (Fsp3) is 0.222. The molecule has 66 valence electrons. The molecule has 0 amide bonds. The molecule has 0 atom stereocenters. The zero-order valence-corrected chi connectivity index (χ0v) is 8.08. The normalized spacial score (nSPS) is 10.2. The molecule has 0 spiro atoms. The fourth-order valence-corrected chi connectivity index (χ4v) is 1.77. The Labute approximate surface area is 80.5 Å². The van der Waals surface area contributed by atoms with Crippen LogP contribution in [0.15, 0.2) is 24.5 Å². The van der Waals surface area contributed by atoms with E-state index in [4.69, 9.17) is 0 Å². The van der Waals surface area contributed by atoms with E-state index in [1.807, 2.05) is 12.1 Å². The van der Waals surface area contributed by atoms with Gasteiger partial charge in [0.25, 0.3) is 0 Å². The Balaban J connectivity index is 2.36. The average Bonchev–Trinajstić information content (AvgIpc) is 2.67. The van der Waals surface area contributed by atoms with Crippen molar-refractivity contribution in [3.8, 4) is 10.6 Å². The molecule has 0 aliphatic carbocycles. The van der Waals surface area contributed by atoms with Crippen molar-refractivity contribution in [2.45, 2.75) is 13.3 Å². The molecule has 2 aromatic heterocycles. The Bertz CT molecular complexity index is 383. The molecule has 0 aliphatic rings. The van der Waals surface area contributed by atoms with Gasteiger partial charge in [0.2, 0.25) is 0 Å². The Kier molecular flexibility index (Phi) is 2.31. The van der Waals surface area contributed by atoms with Crippen molar-refractivity contribution in [1.82, 2.24) is 15.2 Å². The molecule has 0 unspecified atom stereocenters. The van der Waals surface area contributed by atoms with E-state index >= 15 is 0 Å². The standard InChI is InChI=1S/C9H9N3S/c1-2-8-11-12-9(13-8)7-4-3-5-10-6-7/h3-6H,2H2,1H3. The number of hydrogen-bond donors (Lipinski definition) is 0. The van der Waals surface area contributed by atoms with Crippen LogP contribution in [0, 0.1) is 0 Å². The summed E-state index contributed by atoms with van der Waals surface area (Å²) in [4.78, 5) is 4.04. The third kappa shape index (κ3) is 1.72. The second kappa shape index (κ2) is 3.62. The summed E-state index contributed by atoms with van der Waals surface area (Å²) in [5.74, 6) is 0. The zero-order valence-electron chi connectivity index (χ0n) is 7.27. The topological polar surface area (TPSA) is 38.7 Å². The number of hydrogen-bond acceptors (Lipinski definition) is 4. The van der Waals surface area contributed by atoms with Gasteiger partial charge in [-0.05, 0) is 18.6 Å². The van der Waals surface area contributed by atoms with Gasteiger partial charge < -0.3 is 0 Å². The first-order valence-electron chi connectivity index (χ1n) is 4.13. The SMILES string of the molecule is CCc1nnc(-c2cccnc2)s1. The summed E-state index contributed by atoms with van der Waals surface area (Å²) in [5, 5.41) is 10.2. The summed E-state index contributed by atoms with van der Waals surface area (Å²) in [5.41, 5.74) is 1.04. The van der Waals surface area contributed by atoms with Gasteiger partial charge >= 0.3 is 0 Å². The van der Waals surface area contributed by atoms with Crippen LogP contribution in [0.2, 0.25) is 0 Å². The van der Waals surface area contributed by atoms with Crippen molar-refractivity contribution in [3.05, 3.63) is 29.5 Å². The van der Waals surface area contributed by atoms with Crippen molar-refractivity contribution < 1.29 is 0 Å². The van der Waals surface area contributed by atoms with Gasteiger partial charge in [0.15, 0.2) is 0 Å². The minimum Gasteiger partial charge on any atom is -0.264 e. The number of pyridine rings is 1. The van der Waals surface area contributed by atoms with Crippen molar-refractivity contribution in [3.63, 3.8) is 0 Å². The maximum absolute atomic E-state index is 4.09. The van der Waals surface area contributed by atoms with Crippen molar-refractivity contribution in [1.29, 1.82) is 0 Å². The van der Waals surface area contributed by atoms with E-state index < -0.39 is 0 Å². The Hall–Kier alpha value is -1.29. The summed E-state index contributed by atoms with van der Waals surface area (Å²) in [6.07, 6.45) is 4.50. The molecule has 4 heteroatoms. The predicted molar refractivity (Wildman–Crippen MR) is 52.5 cm³/mol. The minimum absolute atomic E-state index is 0.942. The van der Waals surface area contributed by atoms with Gasteiger partial charge in [-0.2, -0.15) is 0 Å². The highest BCUT2D eigenvalue weighted by Gasteiger charge is 2.03. The van der Waals surface area contributed by atoms with Crippen molar-refractivity contribution in [2.75, 3.05) is 0 Å². The lowest BCUT2D eigenvalue weighted by Gasteiger charge is -1.90. The van der Waals surface area contributed by atoms with E-state index in [0.717, 1.165) is 22.0 Å². The van der Waals surface area contributed by atoms with Crippen LogP contribution in [0.1, 0.15) is 11.9 Å². The number of nitrogens with zero attached hydrogens (tertiary/aromatic N) is 3. The van der Waals surface area contributed by atoms with Gasteiger partial charge in [0, 0.05) is 18.0 Å². The van der Waals surface area contributed by atoms with E-state index in [2.05, 4.69) is 22.1 Å². The van der Waals surface area contributed by atoms with Gasteiger partial charge in [-0.15, -0.1) is 10.2 Å². The summed E-state index contributed by atoms with van der Waals surface area (Å²) < 4.78 is 0. The molecule has 0 N–H and O–H groups in total. The maximum atomic E-state index is 4.09. The molecular weight excluding hydrogens is 182 g/mol. The van der Waals surface area contributed by atoms with Crippen LogP contribution >= 0.6 is 11.3 Å². The Morgan fingerprint density at radius 2 is 2.31 bits per heavy atom. The van der Waals surface area contributed by atoms with Gasteiger partial charge in [0.05, 0.1) is 0 Å². The summed E-state index contributed by atoms with van der Waals surface area (Å²) in [6.45, 7) is 2.08. The van der Waals surface area contributed by atoms with Crippen molar-refractivity contribution in [2.24, 2.45) is 0 Å². The van der Waals surface area contributed by atoms with Crippen LogP contribution < -0.4 is 0 Å². The van der Waals surface area contributed by atoms with Crippen LogP contribution in [0.5, 0.6) is 0 Å². The molecule has 0 fully saturated rings. The van der Waals surface area contributed by atoms with E-state index in [0.29, 0.717) is 0 Å². The highest BCUT2D eigenvalue weighted by Crippen LogP contribution is 2.22. The monoisotopic (exact) mass is 191 g/mol. The molecule has 0 saturated heterocycles. The maximum Gasteiger partial charge on any atom is 0.149 e. The third-order valence-electron chi connectivity index (χ3n) is 1.68. The third-order valence-corrected chi connectivity index (χ3v) is 2.79. The van der Waals surface area contributed by atoms with Gasteiger partial charge in [-0.25, -0.2) is 0 Å². The van der Waals surface area contributed by atoms with Crippen molar-refractivity contribution >= 4 is 11.3 Å². The van der Waals surface area contributed by atoms with Gasteiger partial charge in [-0.1, -0.05) is 18.3 Å². The molecule has 0 aromatic carbocycles. The first-order valence-corrected chi connectivity index (χ1v) is 4.94. The molecule has 3 nitrogen and oxygen atoms in total. The molecule has 2 aromatic rings. The first kappa shape index (κ1) is 8.31. The molecule has 0 saturated carbocycles. The quantitative estimate of drug-likeness (QED) is 0.730. The summed E-state index contributed by atoms with van der Waals surface area (Å²) >= 11 is 1.62. The Morgan fingerprint density at radius 3 is 2.92 bits per heavy atom. The van der Waals surface area contributed by atoms with E-state index in [9.17, 15) is 0 Å². The summed E-state index contributed by atoms with van der Waals surface area (Å²) in [6, 6.07) is 3.90. The lowest BCUT2D eigenvalue weighted by molar-refractivity contribution is 0.986. The van der Waals surface area contributed by atoms with Gasteiger partial charge in [0.1, 0.15) is 10.0 Å². The molecule has 13 heavy (non-hydrogen) atoms. The highest BCUT2D eigenvalue weighted by atomic mass is 32.1. The number of aromatic nitrogens is 3. The lowest BCUT2D eigenvalue weighted by Crippen LogP contribution is -1.78. The molecule has 2 heterocycles. The van der Waals surface area contributed by atoms with Crippen LogP contribution in [-0.4, -0.2) is 15.2 Å². The smallest absolute Gasteiger partial charge is 0.149 e. The summed E-state index contributed by atoms with van der Waals surface area (Å²) in [7, 11) is 0. The Morgan fingerprint density at radius 1 is 1.38 bits per heavy atom. The number of aryl methyl sites for hydroxylation is 1. The second-order valence-corrected chi connectivity index (χ2v) is 3.66. The van der Waals surface area contributed by atoms with Gasteiger partial charge in [-0.3, -0.25) is 4.98 Å². The molecule has 0 radical (unpaired) electrons. The predicted octanol–water partition coefficient (Wildman–Crippen LogP) is 2.16. The van der Waals surface area contributed by atoms with E-state index in [-0.39, 0.29) is 0 Å². The zero-order chi connectivity index (χ0) is 9.10. The molecule has 0 aliphatic heterocycles. The van der Waals surface area contributed by atoms with Crippen LogP contribution in [0.25, 0.3) is 10.6 Å². The fourth-order valence-electron chi connectivity index (χ4n) is 1.00. The number of rotatable bonds is 2. The van der Waals surface area contributed by atoms with Crippen LogP contribution in [-0.2, 0) is 6.42 Å². The molecular formula is C9H9N3S. The minimum atomic E-state index is 0.942. The largest absolute Gasteiger partial charge is 0.264 e.